The van der Waals surface area contributed by atoms with Crippen molar-refractivity contribution in [3.63, 3.8) is 0 Å². The number of aliphatic hydroxyl groups excluding tert-OH is 1. The molecule has 0 amide bonds. The van der Waals surface area contributed by atoms with Crippen LogP contribution in [0.2, 0.25) is 0 Å². The number of hydrogen-bond donors (Lipinski definition) is 1. The lowest BCUT2D eigenvalue weighted by Crippen LogP contribution is -2.28. The van der Waals surface area contributed by atoms with Crippen molar-refractivity contribution in [3.05, 3.63) is 36.8 Å². The quantitative estimate of drug-likeness (QED) is 0.719. The van der Waals surface area contributed by atoms with Crippen LogP contribution in [0.4, 0.5) is 10.2 Å². The molecular formula is C10H13FN2O. The number of hydrogen-bond acceptors (Lipinski definition) is 3. The molecule has 0 aliphatic heterocycles. The van der Waals surface area contributed by atoms with Crippen LogP contribution < -0.4 is 4.90 Å². The van der Waals surface area contributed by atoms with E-state index in [0.29, 0.717) is 13.1 Å². The van der Waals surface area contributed by atoms with Gasteiger partial charge in [-0.15, -0.1) is 6.58 Å². The van der Waals surface area contributed by atoms with Crippen LogP contribution in [-0.2, 0) is 0 Å². The van der Waals surface area contributed by atoms with Gasteiger partial charge in [-0.3, -0.25) is 0 Å². The van der Waals surface area contributed by atoms with Crippen LogP contribution in [0, 0.1) is 5.82 Å². The van der Waals surface area contributed by atoms with Crippen molar-refractivity contribution in [1.82, 2.24) is 4.98 Å². The van der Waals surface area contributed by atoms with Gasteiger partial charge in [0.1, 0.15) is 0 Å². The van der Waals surface area contributed by atoms with Gasteiger partial charge in [0.05, 0.1) is 6.61 Å². The normalized spacial score (nSPS) is 9.86. The summed E-state index contributed by atoms with van der Waals surface area (Å²) in [6.45, 7) is 4.34. The van der Waals surface area contributed by atoms with E-state index in [0.717, 1.165) is 0 Å². The molecule has 0 fully saturated rings. The Labute approximate surface area is 82.5 Å². The van der Waals surface area contributed by atoms with E-state index in [2.05, 4.69) is 11.6 Å². The summed E-state index contributed by atoms with van der Waals surface area (Å²) >= 11 is 0. The van der Waals surface area contributed by atoms with Crippen LogP contribution in [0.15, 0.2) is 31.0 Å². The number of anilines is 1. The molecule has 0 aliphatic carbocycles. The second-order valence-electron chi connectivity index (χ2n) is 2.77. The molecule has 0 unspecified atom stereocenters. The molecule has 1 aromatic heterocycles. The van der Waals surface area contributed by atoms with Crippen LogP contribution in [0.5, 0.6) is 0 Å². The zero-order valence-corrected chi connectivity index (χ0v) is 7.86. The summed E-state index contributed by atoms with van der Waals surface area (Å²) in [6, 6.07) is 2.87. The van der Waals surface area contributed by atoms with Crippen molar-refractivity contribution in [3.8, 4) is 0 Å². The third kappa shape index (κ3) is 2.53. The van der Waals surface area contributed by atoms with Crippen molar-refractivity contribution in [2.24, 2.45) is 0 Å². The van der Waals surface area contributed by atoms with Crippen molar-refractivity contribution < 1.29 is 9.50 Å². The smallest absolute Gasteiger partial charge is 0.165 e. The minimum Gasteiger partial charge on any atom is -0.395 e. The summed E-state index contributed by atoms with van der Waals surface area (Å²) in [7, 11) is 0. The first kappa shape index (κ1) is 10.7. The van der Waals surface area contributed by atoms with Gasteiger partial charge in [-0.05, 0) is 12.1 Å². The third-order valence-corrected chi connectivity index (χ3v) is 1.76. The lowest BCUT2D eigenvalue weighted by molar-refractivity contribution is 0.302. The first-order valence-corrected chi connectivity index (χ1v) is 4.36. The second-order valence-corrected chi connectivity index (χ2v) is 2.77. The molecule has 0 radical (unpaired) electrons. The molecule has 0 saturated heterocycles. The Morgan fingerprint density at radius 3 is 3.00 bits per heavy atom. The van der Waals surface area contributed by atoms with Gasteiger partial charge in [0, 0.05) is 19.3 Å². The molecule has 1 heterocycles. The Bertz CT molecular complexity index is 304. The van der Waals surface area contributed by atoms with Gasteiger partial charge in [0.2, 0.25) is 0 Å². The number of halogens is 1. The average molecular weight is 196 g/mol. The van der Waals surface area contributed by atoms with Crippen LogP contribution >= 0.6 is 0 Å². The fourth-order valence-corrected chi connectivity index (χ4v) is 1.17. The minimum absolute atomic E-state index is 0.0378. The average Bonchev–Trinajstić information content (AvgIpc) is 2.18. The van der Waals surface area contributed by atoms with Gasteiger partial charge in [-0.25, -0.2) is 9.37 Å². The van der Waals surface area contributed by atoms with Crippen LogP contribution in [0.25, 0.3) is 0 Å². The molecule has 3 nitrogen and oxygen atoms in total. The second kappa shape index (κ2) is 5.34. The Morgan fingerprint density at radius 2 is 2.43 bits per heavy atom. The van der Waals surface area contributed by atoms with E-state index in [1.807, 2.05) is 0 Å². The van der Waals surface area contributed by atoms with E-state index in [9.17, 15) is 4.39 Å². The van der Waals surface area contributed by atoms with Crippen molar-refractivity contribution in [1.29, 1.82) is 0 Å². The molecule has 4 heteroatoms. The van der Waals surface area contributed by atoms with Gasteiger partial charge in [-0.2, -0.15) is 0 Å². The van der Waals surface area contributed by atoms with E-state index >= 15 is 0 Å². The summed E-state index contributed by atoms with van der Waals surface area (Å²) < 4.78 is 13.3. The summed E-state index contributed by atoms with van der Waals surface area (Å²) in [6.07, 6.45) is 3.16. The predicted molar refractivity (Wildman–Crippen MR) is 53.7 cm³/mol. The lowest BCUT2D eigenvalue weighted by atomic mass is 10.4. The molecule has 1 aromatic rings. The number of rotatable bonds is 5. The highest BCUT2D eigenvalue weighted by Crippen LogP contribution is 2.14. The molecule has 0 saturated carbocycles. The van der Waals surface area contributed by atoms with Crippen molar-refractivity contribution >= 4 is 5.82 Å². The highest BCUT2D eigenvalue weighted by molar-refractivity contribution is 5.40. The van der Waals surface area contributed by atoms with E-state index in [1.165, 1.54) is 18.3 Å². The van der Waals surface area contributed by atoms with Gasteiger partial charge in [-0.1, -0.05) is 6.08 Å². The Balaban J connectivity index is 2.86. The molecule has 0 aromatic carbocycles. The Hall–Kier alpha value is -1.42. The molecule has 14 heavy (non-hydrogen) atoms. The summed E-state index contributed by atoms with van der Waals surface area (Å²) in [5, 5.41) is 8.79. The van der Waals surface area contributed by atoms with Gasteiger partial charge in [0.15, 0.2) is 11.6 Å². The highest BCUT2D eigenvalue weighted by Gasteiger charge is 2.09. The Kier molecular flexibility index (Phi) is 4.07. The Morgan fingerprint density at radius 1 is 1.64 bits per heavy atom. The van der Waals surface area contributed by atoms with Crippen molar-refractivity contribution in [2.75, 3.05) is 24.6 Å². The van der Waals surface area contributed by atoms with E-state index in [4.69, 9.17) is 5.11 Å². The summed E-state index contributed by atoms with van der Waals surface area (Å²) in [5.74, 6) is -0.135. The maximum absolute atomic E-state index is 13.3. The lowest BCUT2D eigenvalue weighted by Gasteiger charge is -2.20. The zero-order chi connectivity index (χ0) is 10.4. The molecule has 0 atom stereocenters. The molecule has 0 aliphatic rings. The molecule has 76 valence electrons. The van der Waals surface area contributed by atoms with E-state index in [-0.39, 0.29) is 18.2 Å². The zero-order valence-electron chi connectivity index (χ0n) is 7.86. The van der Waals surface area contributed by atoms with E-state index in [1.54, 1.807) is 11.0 Å². The first-order valence-electron chi connectivity index (χ1n) is 4.36. The largest absolute Gasteiger partial charge is 0.395 e. The minimum atomic E-state index is -0.386. The molecule has 1 N–H and O–H groups in total. The van der Waals surface area contributed by atoms with Crippen LogP contribution in [-0.4, -0.2) is 29.8 Å². The SMILES string of the molecule is C=CCN(CCO)c1ncccc1F. The number of nitrogens with zero attached hydrogens (tertiary/aromatic N) is 2. The fraction of sp³-hybridized carbons (Fsp3) is 0.300. The van der Waals surface area contributed by atoms with Crippen LogP contribution in [0.1, 0.15) is 0 Å². The maximum atomic E-state index is 13.3. The summed E-state index contributed by atoms with van der Waals surface area (Å²) in [5.41, 5.74) is 0. The first-order chi connectivity index (χ1) is 6.79. The number of aromatic nitrogens is 1. The molecule has 1 rings (SSSR count). The van der Waals surface area contributed by atoms with Gasteiger partial charge in [0.25, 0.3) is 0 Å². The standard InChI is InChI=1S/C10H13FN2O/c1-2-6-13(7-8-14)10-9(11)4-3-5-12-10/h2-5,14H,1,6-8H2. The predicted octanol–water partition coefficient (Wildman–Crippen LogP) is 1.21. The summed E-state index contributed by atoms with van der Waals surface area (Å²) in [4.78, 5) is 5.54. The molecule has 0 bridgehead atoms. The third-order valence-electron chi connectivity index (χ3n) is 1.76. The highest BCUT2D eigenvalue weighted by atomic mass is 19.1. The fourth-order valence-electron chi connectivity index (χ4n) is 1.17. The number of pyridine rings is 1. The van der Waals surface area contributed by atoms with Crippen LogP contribution in [0.3, 0.4) is 0 Å². The van der Waals surface area contributed by atoms with Gasteiger partial charge < -0.3 is 10.0 Å². The topological polar surface area (TPSA) is 36.4 Å². The van der Waals surface area contributed by atoms with E-state index < -0.39 is 0 Å². The van der Waals surface area contributed by atoms with Crippen molar-refractivity contribution in [2.45, 2.75) is 0 Å². The monoisotopic (exact) mass is 196 g/mol. The molecule has 0 spiro atoms. The number of aliphatic hydroxyl groups is 1. The molecular weight excluding hydrogens is 183 g/mol. The maximum Gasteiger partial charge on any atom is 0.165 e. The van der Waals surface area contributed by atoms with Gasteiger partial charge >= 0.3 is 0 Å².